The van der Waals surface area contributed by atoms with E-state index in [0.29, 0.717) is 16.4 Å². The molecule has 0 unspecified atom stereocenters. The minimum Gasteiger partial charge on any atom is -0.463 e. The van der Waals surface area contributed by atoms with E-state index < -0.39 is 0 Å². The van der Waals surface area contributed by atoms with Gasteiger partial charge in [-0.15, -0.1) is 0 Å². The van der Waals surface area contributed by atoms with Gasteiger partial charge >= 0.3 is 0 Å². The number of nitrogens with one attached hydrogen (secondary N) is 1. The minimum absolute atomic E-state index is 0.436. The molecule has 1 N–H and O–H groups in total. The van der Waals surface area contributed by atoms with Gasteiger partial charge < -0.3 is 4.42 Å². The van der Waals surface area contributed by atoms with Crippen molar-refractivity contribution in [3.05, 3.63) is 58.8 Å². The number of hydrogen-bond donors (Lipinski definition) is 1. The van der Waals surface area contributed by atoms with Crippen LogP contribution in [-0.2, 0) is 0 Å². The normalized spacial score (nSPS) is 11.2. The number of rotatable bonds is 3. The van der Waals surface area contributed by atoms with Crippen LogP contribution < -0.4 is 0 Å². The zero-order valence-corrected chi connectivity index (χ0v) is 11.6. The van der Waals surface area contributed by atoms with E-state index in [2.05, 4.69) is 15.3 Å². The van der Waals surface area contributed by atoms with E-state index in [-0.39, 0.29) is 0 Å². The topological polar surface area (TPSA) is 59.1 Å². The van der Waals surface area contributed by atoms with Crippen LogP contribution in [0.25, 0.3) is 11.4 Å². The van der Waals surface area contributed by atoms with Crippen LogP contribution in [0.15, 0.2) is 52.2 Å². The second kappa shape index (κ2) is 5.26. The van der Waals surface area contributed by atoms with Crippen molar-refractivity contribution in [2.45, 2.75) is 6.92 Å². The van der Waals surface area contributed by atoms with Crippen molar-refractivity contribution in [1.82, 2.24) is 14.9 Å². The number of hydrogen-bond acceptors (Lipinski definition) is 4. The summed E-state index contributed by atoms with van der Waals surface area (Å²) in [5, 5.41) is 11.3. The Morgan fingerprint density at radius 1 is 1.30 bits per heavy atom. The van der Waals surface area contributed by atoms with Gasteiger partial charge in [0.15, 0.2) is 5.82 Å². The lowest BCUT2D eigenvalue weighted by atomic mass is 10.1. The first-order valence-corrected chi connectivity index (χ1v) is 6.48. The smallest absolute Gasteiger partial charge is 0.216 e. The zero-order chi connectivity index (χ0) is 13.9. The summed E-state index contributed by atoms with van der Waals surface area (Å²) in [6.45, 7) is 2.02. The molecule has 1 aromatic carbocycles. The Hall–Kier alpha value is -2.47. The van der Waals surface area contributed by atoms with Crippen molar-refractivity contribution in [1.29, 1.82) is 0 Å². The van der Waals surface area contributed by atoms with Crippen LogP contribution in [0.3, 0.4) is 0 Å². The van der Waals surface area contributed by atoms with Gasteiger partial charge in [-0.25, -0.2) is 5.10 Å². The molecule has 0 radical (unpaired) electrons. The third-order valence-electron chi connectivity index (χ3n) is 2.88. The van der Waals surface area contributed by atoms with E-state index in [1.54, 1.807) is 23.2 Å². The molecule has 0 aliphatic carbocycles. The first-order valence-electron chi connectivity index (χ1n) is 6.07. The molecule has 0 atom stereocenters. The molecule has 20 heavy (non-hydrogen) atoms. The predicted octanol–water partition coefficient (Wildman–Crippen LogP) is 3.39. The van der Waals surface area contributed by atoms with Crippen molar-refractivity contribution >= 4 is 18.4 Å². The first kappa shape index (κ1) is 12.6. The van der Waals surface area contributed by atoms with E-state index in [1.807, 2.05) is 37.3 Å². The molecule has 0 fully saturated rings. The molecule has 2 aromatic heterocycles. The van der Waals surface area contributed by atoms with E-state index in [1.165, 1.54) is 0 Å². The van der Waals surface area contributed by atoms with Crippen LogP contribution in [0, 0.1) is 11.7 Å². The fraction of sp³-hybridized carbons (Fsp3) is 0.0714. The lowest BCUT2D eigenvalue weighted by Crippen LogP contribution is -1.96. The Morgan fingerprint density at radius 2 is 2.15 bits per heavy atom. The number of nitrogens with zero attached hydrogens (tertiary/aromatic N) is 3. The highest BCUT2D eigenvalue weighted by Crippen LogP contribution is 2.21. The summed E-state index contributed by atoms with van der Waals surface area (Å²) in [6, 6.07) is 11.6. The van der Waals surface area contributed by atoms with Crippen molar-refractivity contribution < 1.29 is 4.42 Å². The molecule has 2 heterocycles. The number of aryl methyl sites for hydroxylation is 1. The summed E-state index contributed by atoms with van der Waals surface area (Å²) in [7, 11) is 0. The number of aromatic nitrogens is 3. The lowest BCUT2D eigenvalue weighted by molar-refractivity contribution is 0.559. The highest BCUT2D eigenvalue weighted by Gasteiger charge is 2.09. The van der Waals surface area contributed by atoms with Gasteiger partial charge in [-0.05, 0) is 36.8 Å². The molecule has 0 spiro atoms. The van der Waals surface area contributed by atoms with Crippen molar-refractivity contribution in [2.24, 2.45) is 5.10 Å². The molecule has 0 amide bonds. The number of furan rings is 1. The van der Waals surface area contributed by atoms with Gasteiger partial charge in [-0.3, -0.25) is 0 Å². The summed E-state index contributed by atoms with van der Waals surface area (Å²) < 4.78 is 7.23. The Morgan fingerprint density at radius 3 is 2.90 bits per heavy atom. The van der Waals surface area contributed by atoms with Crippen LogP contribution in [0.4, 0.5) is 0 Å². The van der Waals surface area contributed by atoms with Gasteiger partial charge in [0, 0.05) is 5.56 Å². The molecule has 6 heteroatoms. The summed E-state index contributed by atoms with van der Waals surface area (Å²) in [4.78, 5) is 0. The molecule has 100 valence electrons. The van der Waals surface area contributed by atoms with Crippen LogP contribution in [0.1, 0.15) is 11.3 Å². The standard InChI is InChI=1S/C14H12N4OS/c1-10-5-2-3-7-12(10)13-16-17-14(20)18(13)15-9-11-6-4-8-19-11/h2-9H,1H3,(H,17,20)/b15-9+. The number of benzene rings is 1. The fourth-order valence-electron chi connectivity index (χ4n) is 1.88. The fourth-order valence-corrected chi connectivity index (χ4v) is 2.06. The summed E-state index contributed by atoms with van der Waals surface area (Å²) in [6.07, 6.45) is 3.20. The van der Waals surface area contributed by atoms with Crippen LogP contribution in [0.5, 0.6) is 0 Å². The van der Waals surface area contributed by atoms with E-state index in [4.69, 9.17) is 16.6 Å². The minimum atomic E-state index is 0.436. The summed E-state index contributed by atoms with van der Waals surface area (Å²) in [5.74, 6) is 1.33. The SMILES string of the molecule is Cc1ccccc1-c1n[nH]c(=S)n1/N=C/c1ccco1. The van der Waals surface area contributed by atoms with Crippen LogP contribution in [0.2, 0.25) is 0 Å². The van der Waals surface area contributed by atoms with Gasteiger partial charge in [0.25, 0.3) is 0 Å². The van der Waals surface area contributed by atoms with Crippen molar-refractivity contribution in [3.8, 4) is 11.4 Å². The second-order valence-electron chi connectivity index (χ2n) is 4.24. The highest BCUT2D eigenvalue weighted by molar-refractivity contribution is 7.71. The van der Waals surface area contributed by atoms with Gasteiger partial charge in [0.2, 0.25) is 4.77 Å². The summed E-state index contributed by atoms with van der Waals surface area (Å²) >= 11 is 5.21. The van der Waals surface area contributed by atoms with Crippen LogP contribution >= 0.6 is 12.2 Å². The van der Waals surface area contributed by atoms with Gasteiger partial charge in [-0.2, -0.15) is 14.9 Å². The Bertz CT molecular complexity index is 799. The summed E-state index contributed by atoms with van der Waals surface area (Å²) in [5.41, 5.74) is 2.09. The van der Waals surface area contributed by atoms with Crippen molar-refractivity contribution in [3.63, 3.8) is 0 Å². The molecule has 0 aliphatic rings. The molecule has 3 aromatic rings. The maximum absolute atomic E-state index is 5.21. The average Bonchev–Trinajstić information content (AvgIpc) is 3.07. The van der Waals surface area contributed by atoms with Gasteiger partial charge in [0.1, 0.15) is 5.76 Å². The Kier molecular flexibility index (Phi) is 3.30. The molecule has 0 saturated heterocycles. The van der Waals surface area contributed by atoms with Gasteiger partial charge in [-0.1, -0.05) is 24.3 Å². The maximum atomic E-state index is 5.21. The Labute approximate surface area is 120 Å². The van der Waals surface area contributed by atoms with Gasteiger partial charge in [0.05, 0.1) is 12.5 Å². The maximum Gasteiger partial charge on any atom is 0.216 e. The lowest BCUT2D eigenvalue weighted by Gasteiger charge is -2.03. The quantitative estimate of drug-likeness (QED) is 0.592. The zero-order valence-electron chi connectivity index (χ0n) is 10.8. The van der Waals surface area contributed by atoms with E-state index in [9.17, 15) is 0 Å². The molecular weight excluding hydrogens is 272 g/mol. The first-order chi connectivity index (χ1) is 9.75. The molecule has 0 saturated carbocycles. The largest absolute Gasteiger partial charge is 0.463 e. The average molecular weight is 284 g/mol. The van der Waals surface area contributed by atoms with E-state index in [0.717, 1.165) is 11.1 Å². The van der Waals surface area contributed by atoms with E-state index >= 15 is 0 Å². The molecule has 5 nitrogen and oxygen atoms in total. The Balaban J connectivity index is 2.07. The third kappa shape index (κ3) is 2.33. The molecular formula is C14H12N4OS. The number of aromatic amines is 1. The predicted molar refractivity (Wildman–Crippen MR) is 79.3 cm³/mol. The molecule has 0 bridgehead atoms. The molecule has 3 rings (SSSR count). The monoisotopic (exact) mass is 284 g/mol. The third-order valence-corrected chi connectivity index (χ3v) is 3.14. The second-order valence-corrected chi connectivity index (χ2v) is 4.63. The number of H-pyrrole nitrogens is 1. The van der Waals surface area contributed by atoms with Crippen molar-refractivity contribution in [2.75, 3.05) is 0 Å². The van der Waals surface area contributed by atoms with Crippen LogP contribution in [-0.4, -0.2) is 21.1 Å². The molecule has 0 aliphatic heterocycles. The highest BCUT2D eigenvalue weighted by atomic mass is 32.1.